The number of carbonyl (C=O) groups is 2. The van der Waals surface area contributed by atoms with Gasteiger partial charge in [-0.1, -0.05) is 30.3 Å². The first-order valence-electron chi connectivity index (χ1n) is 9.07. The number of hydrogen-bond donors (Lipinski definition) is 2. The van der Waals surface area contributed by atoms with Gasteiger partial charge in [0.05, 0.1) is 7.11 Å². The fourth-order valence-electron chi connectivity index (χ4n) is 3.19. The van der Waals surface area contributed by atoms with Crippen LogP contribution in [0.1, 0.15) is 29.2 Å². The van der Waals surface area contributed by atoms with Crippen molar-refractivity contribution < 1.29 is 23.8 Å². The predicted molar refractivity (Wildman–Crippen MR) is 107 cm³/mol. The predicted octanol–water partition coefficient (Wildman–Crippen LogP) is 2.98. The van der Waals surface area contributed by atoms with Crippen LogP contribution in [-0.2, 0) is 16.0 Å². The van der Waals surface area contributed by atoms with Gasteiger partial charge in [-0.05, 0) is 36.1 Å². The summed E-state index contributed by atoms with van der Waals surface area (Å²) in [5, 5.41) is 12.8. The Morgan fingerprint density at radius 1 is 1.17 bits per heavy atom. The lowest BCUT2D eigenvalue weighted by molar-refractivity contribution is -0.142. The van der Waals surface area contributed by atoms with E-state index in [0.29, 0.717) is 23.3 Å². The number of fused-ring (bicyclic) bond motifs is 1. The Hall–Kier alpha value is -3.61. The van der Waals surface area contributed by atoms with Crippen LogP contribution in [0.4, 0.5) is 0 Å². The maximum atomic E-state index is 12.4. The van der Waals surface area contributed by atoms with Crippen molar-refractivity contribution in [3.8, 4) is 5.75 Å². The van der Waals surface area contributed by atoms with E-state index < -0.39 is 17.6 Å². The fraction of sp³-hybridized carbons (Fsp3) is 0.227. The van der Waals surface area contributed by atoms with E-state index in [1.165, 1.54) is 13.2 Å². The summed E-state index contributed by atoms with van der Waals surface area (Å²) in [5.74, 6) is -1.02. The molecule has 150 valence electrons. The summed E-state index contributed by atoms with van der Waals surface area (Å²) in [6.07, 6.45) is 0.416. The SMILES string of the molecule is COc1cc2oc(=O)cc(C)c2cc1CCC(=O)N[C@@H](C(=O)O)c1ccccc1. The van der Waals surface area contributed by atoms with Crippen LogP contribution in [0.15, 0.2) is 57.7 Å². The molecule has 3 rings (SSSR count). The number of carbonyl (C=O) groups excluding carboxylic acids is 1. The number of carboxylic acid groups (broad SMARTS) is 1. The fourth-order valence-corrected chi connectivity index (χ4v) is 3.19. The van der Waals surface area contributed by atoms with E-state index in [-0.39, 0.29) is 12.3 Å². The van der Waals surface area contributed by atoms with E-state index >= 15 is 0 Å². The Kier molecular flexibility index (Phi) is 5.97. The van der Waals surface area contributed by atoms with Gasteiger partial charge in [0, 0.05) is 23.9 Å². The van der Waals surface area contributed by atoms with Gasteiger partial charge >= 0.3 is 11.6 Å². The molecular weight excluding hydrogens is 374 g/mol. The summed E-state index contributed by atoms with van der Waals surface area (Å²) < 4.78 is 10.6. The Labute approximate surface area is 166 Å². The van der Waals surface area contributed by atoms with Crippen molar-refractivity contribution >= 4 is 22.8 Å². The average Bonchev–Trinajstić information content (AvgIpc) is 2.70. The minimum absolute atomic E-state index is 0.0777. The van der Waals surface area contributed by atoms with Gasteiger partial charge in [0.1, 0.15) is 11.3 Å². The molecule has 0 radical (unpaired) electrons. The third-order valence-electron chi connectivity index (χ3n) is 4.66. The molecule has 1 atom stereocenters. The lowest BCUT2D eigenvalue weighted by Crippen LogP contribution is -2.33. The highest BCUT2D eigenvalue weighted by molar-refractivity contribution is 5.85. The molecule has 1 amide bonds. The first kappa shape index (κ1) is 20.1. The molecule has 0 spiro atoms. The highest BCUT2D eigenvalue weighted by Gasteiger charge is 2.22. The summed E-state index contributed by atoms with van der Waals surface area (Å²) in [6, 6.07) is 12.3. The Balaban J connectivity index is 1.78. The van der Waals surface area contributed by atoms with Gasteiger partial charge in [-0.3, -0.25) is 4.79 Å². The van der Waals surface area contributed by atoms with Gasteiger partial charge < -0.3 is 19.6 Å². The molecule has 0 aliphatic heterocycles. The smallest absolute Gasteiger partial charge is 0.336 e. The van der Waals surface area contributed by atoms with E-state index in [0.717, 1.165) is 16.5 Å². The van der Waals surface area contributed by atoms with Crippen molar-refractivity contribution in [2.75, 3.05) is 7.11 Å². The first-order valence-corrected chi connectivity index (χ1v) is 9.07. The highest BCUT2D eigenvalue weighted by Crippen LogP contribution is 2.28. The van der Waals surface area contributed by atoms with E-state index in [9.17, 15) is 19.5 Å². The molecule has 3 aromatic rings. The number of aryl methyl sites for hydroxylation is 2. The molecule has 1 heterocycles. The Bertz CT molecular complexity index is 1100. The number of rotatable bonds is 7. The zero-order valence-corrected chi connectivity index (χ0v) is 16.1. The number of aliphatic carboxylic acids is 1. The molecule has 0 aliphatic carbocycles. The zero-order chi connectivity index (χ0) is 21.0. The number of ether oxygens (including phenoxy) is 1. The normalized spacial score (nSPS) is 11.8. The number of nitrogens with one attached hydrogen (secondary N) is 1. The molecule has 0 fully saturated rings. The molecule has 1 aromatic heterocycles. The number of carboxylic acids is 1. The van der Waals surface area contributed by atoms with Crippen molar-refractivity contribution in [2.45, 2.75) is 25.8 Å². The molecule has 0 saturated carbocycles. The zero-order valence-electron chi connectivity index (χ0n) is 16.1. The molecule has 0 aliphatic rings. The van der Waals surface area contributed by atoms with E-state index in [2.05, 4.69) is 5.32 Å². The van der Waals surface area contributed by atoms with E-state index in [1.54, 1.807) is 43.3 Å². The summed E-state index contributed by atoms with van der Waals surface area (Å²) >= 11 is 0. The standard InChI is InChI=1S/C22H21NO6/c1-13-10-20(25)29-18-12-17(28-2)15(11-16(13)18)8-9-19(24)23-21(22(26)27)14-6-4-3-5-7-14/h3-7,10-12,21H,8-9H2,1-2H3,(H,23,24)(H,26,27)/t21-/m1/s1. The highest BCUT2D eigenvalue weighted by atomic mass is 16.5. The van der Waals surface area contributed by atoms with Gasteiger partial charge in [-0.2, -0.15) is 0 Å². The summed E-state index contributed by atoms with van der Waals surface area (Å²) in [6.45, 7) is 1.81. The van der Waals surface area contributed by atoms with Crippen molar-refractivity contribution in [1.82, 2.24) is 5.32 Å². The van der Waals surface area contributed by atoms with Crippen LogP contribution >= 0.6 is 0 Å². The monoisotopic (exact) mass is 395 g/mol. The molecular formula is C22H21NO6. The number of amides is 1. The third kappa shape index (κ3) is 4.63. The minimum atomic E-state index is -1.13. The van der Waals surface area contributed by atoms with Crippen molar-refractivity contribution in [3.63, 3.8) is 0 Å². The molecule has 2 aromatic carbocycles. The molecule has 0 bridgehead atoms. The van der Waals surface area contributed by atoms with Gasteiger partial charge in [-0.25, -0.2) is 9.59 Å². The van der Waals surface area contributed by atoms with Crippen LogP contribution in [0.25, 0.3) is 11.0 Å². The van der Waals surface area contributed by atoms with Crippen LogP contribution in [-0.4, -0.2) is 24.1 Å². The Morgan fingerprint density at radius 3 is 2.55 bits per heavy atom. The lowest BCUT2D eigenvalue weighted by Gasteiger charge is -2.15. The molecule has 0 saturated heterocycles. The van der Waals surface area contributed by atoms with Crippen molar-refractivity contribution in [2.24, 2.45) is 0 Å². The number of methoxy groups -OCH3 is 1. The van der Waals surface area contributed by atoms with Gasteiger partial charge in [0.15, 0.2) is 6.04 Å². The molecule has 7 heteroatoms. The van der Waals surface area contributed by atoms with Crippen LogP contribution in [0.2, 0.25) is 0 Å². The van der Waals surface area contributed by atoms with Crippen LogP contribution in [0.3, 0.4) is 0 Å². The quantitative estimate of drug-likeness (QED) is 0.596. The van der Waals surface area contributed by atoms with Crippen LogP contribution < -0.4 is 15.7 Å². The topological polar surface area (TPSA) is 106 Å². The minimum Gasteiger partial charge on any atom is -0.496 e. The summed E-state index contributed by atoms with van der Waals surface area (Å²) in [4.78, 5) is 35.5. The van der Waals surface area contributed by atoms with Gasteiger partial charge in [0.25, 0.3) is 0 Å². The second-order valence-electron chi connectivity index (χ2n) is 6.66. The lowest BCUT2D eigenvalue weighted by atomic mass is 10.0. The number of benzene rings is 2. The van der Waals surface area contributed by atoms with Crippen molar-refractivity contribution in [3.05, 3.63) is 75.6 Å². The molecule has 2 N–H and O–H groups in total. The second kappa shape index (κ2) is 8.60. The first-order chi connectivity index (χ1) is 13.9. The van der Waals surface area contributed by atoms with E-state index in [4.69, 9.17) is 9.15 Å². The molecule has 29 heavy (non-hydrogen) atoms. The maximum absolute atomic E-state index is 12.4. The number of hydrogen-bond acceptors (Lipinski definition) is 5. The van der Waals surface area contributed by atoms with E-state index in [1.807, 2.05) is 6.07 Å². The molecule has 7 nitrogen and oxygen atoms in total. The van der Waals surface area contributed by atoms with Crippen LogP contribution in [0, 0.1) is 6.92 Å². The van der Waals surface area contributed by atoms with Crippen LogP contribution in [0.5, 0.6) is 5.75 Å². The summed E-state index contributed by atoms with van der Waals surface area (Å²) in [5.41, 5.74) is 2.00. The summed E-state index contributed by atoms with van der Waals surface area (Å²) in [7, 11) is 1.49. The Morgan fingerprint density at radius 2 is 1.90 bits per heavy atom. The van der Waals surface area contributed by atoms with Gasteiger partial charge in [-0.15, -0.1) is 0 Å². The maximum Gasteiger partial charge on any atom is 0.336 e. The second-order valence-corrected chi connectivity index (χ2v) is 6.66. The molecule has 0 unspecified atom stereocenters. The average molecular weight is 395 g/mol. The van der Waals surface area contributed by atoms with Gasteiger partial charge in [0.2, 0.25) is 5.91 Å². The third-order valence-corrected chi connectivity index (χ3v) is 4.66. The largest absolute Gasteiger partial charge is 0.496 e. The van der Waals surface area contributed by atoms with Crippen molar-refractivity contribution in [1.29, 1.82) is 0 Å².